The van der Waals surface area contributed by atoms with Crippen LogP contribution in [0.5, 0.6) is 5.75 Å². The molecule has 0 saturated heterocycles. The first-order valence-electron chi connectivity index (χ1n) is 13.7. The summed E-state index contributed by atoms with van der Waals surface area (Å²) in [5, 5.41) is 0. The van der Waals surface area contributed by atoms with E-state index in [1.807, 2.05) is 0 Å². The van der Waals surface area contributed by atoms with Gasteiger partial charge in [-0.3, -0.25) is 4.39 Å². The van der Waals surface area contributed by atoms with E-state index in [0.29, 0.717) is 12.3 Å². The predicted molar refractivity (Wildman–Crippen MR) is 135 cm³/mol. The van der Waals surface area contributed by atoms with Gasteiger partial charge in [0.25, 0.3) is 0 Å². The molecule has 32 heavy (non-hydrogen) atoms. The zero-order valence-electron chi connectivity index (χ0n) is 20.6. The molecule has 1 nitrogen and oxygen atoms in total. The minimum absolute atomic E-state index is 0.214. The fourth-order valence-corrected chi connectivity index (χ4v) is 5.95. The van der Waals surface area contributed by atoms with Crippen LogP contribution in [0.3, 0.4) is 0 Å². The van der Waals surface area contributed by atoms with Crippen LogP contribution in [0.15, 0.2) is 36.4 Å². The molecule has 0 heterocycles. The number of allylic oxidation sites excluding steroid dienone is 2. The number of hydrogen-bond donors (Lipinski definition) is 0. The maximum Gasteiger partial charge on any atom is 0.119 e. The summed E-state index contributed by atoms with van der Waals surface area (Å²) in [4.78, 5) is 0. The van der Waals surface area contributed by atoms with Crippen LogP contribution in [0.1, 0.15) is 102 Å². The van der Waals surface area contributed by atoms with Crippen molar-refractivity contribution in [3.05, 3.63) is 42.0 Å². The number of unbranched alkanes of at least 4 members (excludes halogenated alkanes) is 3. The summed E-state index contributed by atoms with van der Waals surface area (Å²) < 4.78 is 18.2. The number of halogens is 1. The highest BCUT2D eigenvalue weighted by molar-refractivity contribution is 5.27. The van der Waals surface area contributed by atoms with Crippen LogP contribution in [0.25, 0.3) is 0 Å². The molecule has 0 N–H and O–H groups in total. The van der Waals surface area contributed by atoms with Gasteiger partial charge in [-0.25, -0.2) is 0 Å². The average molecular weight is 443 g/mol. The maximum absolute atomic E-state index is 12.3. The van der Waals surface area contributed by atoms with E-state index in [-0.39, 0.29) is 6.67 Å². The molecule has 180 valence electrons. The van der Waals surface area contributed by atoms with E-state index in [4.69, 9.17) is 4.74 Å². The van der Waals surface area contributed by atoms with Gasteiger partial charge in [-0.15, -0.1) is 0 Å². The Labute approximate surface area is 197 Å². The van der Waals surface area contributed by atoms with Gasteiger partial charge in [0, 0.05) is 0 Å². The van der Waals surface area contributed by atoms with Crippen LogP contribution >= 0.6 is 0 Å². The molecule has 0 radical (unpaired) electrons. The van der Waals surface area contributed by atoms with E-state index in [1.165, 1.54) is 89.0 Å². The van der Waals surface area contributed by atoms with E-state index >= 15 is 0 Å². The quantitative estimate of drug-likeness (QED) is 0.218. The highest BCUT2D eigenvalue weighted by Crippen LogP contribution is 2.42. The van der Waals surface area contributed by atoms with Crippen LogP contribution in [0, 0.1) is 23.7 Å². The van der Waals surface area contributed by atoms with Crippen LogP contribution in [0.2, 0.25) is 0 Å². The number of alkyl halides is 1. The van der Waals surface area contributed by atoms with Crippen molar-refractivity contribution in [2.24, 2.45) is 23.7 Å². The predicted octanol–water partition coefficient (Wildman–Crippen LogP) is 9.11. The molecule has 2 aliphatic carbocycles. The maximum atomic E-state index is 12.3. The Kier molecular flexibility index (Phi) is 11.7. The number of rotatable bonds is 13. The van der Waals surface area contributed by atoms with Gasteiger partial charge >= 0.3 is 0 Å². The number of benzene rings is 1. The first kappa shape index (κ1) is 25.3. The molecule has 2 saturated carbocycles. The first-order valence-corrected chi connectivity index (χ1v) is 13.7. The Balaban J connectivity index is 1.28. The minimum atomic E-state index is -0.214. The van der Waals surface area contributed by atoms with E-state index in [0.717, 1.165) is 36.5 Å². The summed E-state index contributed by atoms with van der Waals surface area (Å²) in [5.41, 5.74) is 1.46. The average Bonchev–Trinajstić information content (AvgIpc) is 2.84. The molecule has 0 bridgehead atoms. The Morgan fingerprint density at radius 3 is 2.22 bits per heavy atom. The van der Waals surface area contributed by atoms with Gasteiger partial charge in [0.1, 0.15) is 5.75 Å². The summed E-state index contributed by atoms with van der Waals surface area (Å²) in [5.74, 6) is 4.58. The zero-order valence-corrected chi connectivity index (χ0v) is 20.6. The number of ether oxygens (including phenoxy) is 1. The number of hydrogen-bond acceptors (Lipinski definition) is 1. The van der Waals surface area contributed by atoms with Crippen molar-refractivity contribution in [2.75, 3.05) is 13.3 Å². The van der Waals surface area contributed by atoms with Crippen molar-refractivity contribution in [3.8, 4) is 5.75 Å². The third kappa shape index (κ3) is 8.91. The standard InChI is InChI=1S/C30H47FO/c1-2-3-4-7-24-32-30-21-15-27(16-22-30)10-9-26-13-19-29(20-14-26)28-17-11-25(12-18-28)8-5-6-23-31/h5,8,15-16,21-22,25-26,28-29H,2-4,6-7,9-14,17-20,23-24H2,1H3/b8-5+. The van der Waals surface area contributed by atoms with E-state index in [2.05, 4.69) is 43.3 Å². The molecular formula is C30H47FO. The van der Waals surface area contributed by atoms with Crippen molar-refractivity contribution in [3.63, 3.8) is 0 Å². The Morgan fingerprint density at radius 2 is 1.56 bits per heavy atom. The molecular weight excluding hydrogens is 395 g/mol. The molecule has 0 spiro atoms. The van der Waals surface area contributed by atoms with Gasteiger partial charge in [-0.05, 0) is 106 Å². The SMILES string of the molecule is CCCCCCOc1ccc(CCC2CCC(C3CCC(/C=C/CCF)CC3)CC2)cc1. The van der Waals surface area contributed by atoms with E-state index in [1.54, 1.807) is 0 Å². The summed E-state index contributed by atoms with van der Waals surface area (Å²) in [6.07, 6.45) is 23.7. The second-order valence-electron chi connectivity index (χ2n) is 10.5. The summed E-state index contributed by atoms with van der Waals surface area (Å²) in [6.45, 7) is 2.88. The third-order valence-corrected chi connectivity index (χ3v) is 8.09. The molecule has 1 aromatic rings. The van der Waals surface area contributed by atoms with Gasteiger partial charge in [0.05, 0.1) is 13.3 Å². The fourth-order valence-electron chi connectivity index (χ4n) is 5.95. The topological polar surface area (TPSA) is 9.23 Å². The summed E-state index contributed by atoms with van der Waals surface area (Å²) >= 11 is 0. The van der Waals surface area contributed by atoms with Gasteiger partial charge in [-0.1, -0.05) is 63.3 Å². The van der Waals surface area contributed by atoms with E-state index in [9.17, 15) is 4.39 Å². The van der Waals surface area contributed by atoms with Crippen LogP contribution < -0.4 is 4.74 Å². The van der Waals surface area contributed by atoms with Crippen LogP contribution in [-0.2, 0) is 6.42 Å². The Hall–Kier alpha value is -1.31. The van der Waals surface area contributed by atoms with E-state index < -0.39 is 0 Å². The molecule has 0 unspecified atom stereocenters. The minimum Gasteiger partial charge on any atom is -0.494 e. The second-order valence-corrected chi connectivity index (χ2v) is 10.5. The van der Waals surface area contributed by atoms with Crippen molar-refractivity contribution in [1.29, 1.82) is 0 Å². The zero-order chi connectivity index (χ0) is 22.4. The highest BCUT2D eigenvalue weighted by atomic mass is 19.1. The lowest BCUT2D eigenvalue weighted by atomic mass is 9.68. The van der Waals surface area contributed by atoms with Crippen molar-refractivity contribution in [1.82, 2.24) is 0 Å². The number of aryl methyl sites for hydroxylation is 1. The van der Waals surface area contributed by atoms with Crippen molar-refractivity contribution < 1.29 is 9.13 Å². The fraction of sp³-hybridized carbons (Fsp3) is 0.733. The molecule has 0 atom stereocenters. The lowest BCUT2D eigenvalue weighted by molar-refractivity contribution is 0.152. The molecule has 0 aliphatic heterocycles. The van der Waals surface area contributed by atoms with Crippen LogP contribution in [0.4, 0.5) is 4.39 Å². The lowest BCUT2D eigenvalue weighted by Crippen LogP contribution is -2.25. The van der Waals surface area contributed by atoms with Crippen LogP contribution in [-0.4, -0.2) is 13.3 Å². The lowest BCUT2D eigenvalue weighted by Gasteiger charge is -2.37. The van der Waals surface area contributed by atoms with Crippen molar-refractivity contribution in [2.45, 2.75) is 103 Å². The molecule has 0 amide bonds. The third-order valence-electron chi connectivity index (χ3n) is 8.09. The molecule has 1 aromatic carbocycles. The van der Waals surface area contributed by atoms with Gasteiger partial charge in [0.15, 0.2) is 0 Å². The molecule has 0 aromatic heterocycles. The second kappa shape index (κ2) is 14.8. The van der Waals surface area contributed by atoms with Crippen molar-refractivity contribution >= 4 is 0 Å². The smallest absolute Gasteiger partial charge is 0.119 e. The molecule has 2 heteroatoms. The normalized spacial score (nSPS) is 26.4. The molecule has 2 fully saturated rings. The van der Waals surface area contributed by atoms with Gasteiger partial charge in [0.2, 0.25) is 0 Å². The van der Waals surface area contributed by atoms with Gasteiger partial charge in [-0.2, -0.15) is 0 Å². The Morgan fingerprint density at radius 1 is 0.875 bits per heavy atom. The largest absolute Gasteiger partial charge is 0.494 e. The summed E-state index contributed by atoms with van der Waals surface area (Å²) in [6, 6.07) is 8.87. The monoisotopic (exact) mass is 442 g/mol. The molecule has 3 rings (SSSR count). The Bertz CT molecular complexity index is 621. The first-order chi connectivity index (χ1) is 15.8. The van der Waals surface area contributed by atoms with Gasteiger partial charge < -0.3 is 4.74 Å². The highest BCUT2D eigenvalue weighted by Gasteiger charge is 2.30. The summed E-state index contributed by atoms with van der Waals surface area (Å²) in [7, 11) is 0. The molecule has 2 aliphatic rings.